The molecule has 0 aliphatic rings. The number of aromatic hydroxyl groups is 2. The Hall–Kier alpha value is -4.01. The lowest BCUT2D eigenvalue weighted by atomic mass is 9.89. The zero-order chi connectivity index (χ0) is 31.9. The first kappa shape index (κ1) is 35.2. The molecule has 0 saturated heterocycles. The molecule has 0 unspecified atom stereocenters. The fraction of sp³-hybridized carbons (Fsp3) is 0.500. The second-order valence-corrected chi connectivity index (χ2v) is 10.6. The maximum absolute atomic E-state index is 13.8. The average Bonchev–Trinajstić information content (AvgIpc) is 2.98. The Bertz CT molecular complexity index is 1310. The summed E-state index contributed by atoms with van der Waals surface area (Å²) in [5, 5.41) is 22.1. The number of carbonyl (C=O) groups excluding carboxylic acids is 5. The smallest absolute Gasteiger partial charge is 0.340 e. The molecule has 0 bridgehead atoms. The van der Waals surface area contributed by atoms with E-state index in [1.54, 1.807) is 24.3 Å². The lowest BCUT2D eigenvalue weighted by Crippen LogP contribution is -2.21. The number of ketones is 3. The normalized spacial score (nSPS) is 10.8. The predicted octanol–water partition coefficient (Wildman–Crippen LogP) is 7.67. The number of benzene rings is 2. The van der Waals surface area contributed by atoms with E-state index in [0.717, 1.165) is 25.7 Å². The zero-order valence-electron chi connectivity index (χ0n) is 25.8. The molecule has 0 aliphatic heterocycles. The number of unbranched alkanes of at least 4 members (excludes halogenated alkanes) is 6. The van der Waals surface area contributed by atoms with Crippen LogP contribution in [0.25, 0.3) is 0 Å². The molecule has 0 fully saturated rings. The molecule has 2 rings (SSSR count). The minimum Gasteiger partial charge on any atom is -0.504 e. The maximum Gasteiger partial charge on any atom is 0.340 e. The Morgan fingerprint density at radius 2 is 1.21 bits per heavy atom. The number of hydrogen-bond acceptors (Lipinski definition) is 9. The van der Waals surface area contributed by atoms with Crippen molar-refractivity contribution in [2.45, 2.75) is 111 Å². The van der Waals surface area contributed by atoms with E-state index < -0.39 is 57.4 Å². The van der Waals surface area contributed by atoms with Crippen LogP contribution in [-0.2, 0) is 16.1 Å². The highest BCUT2D eigenvalue weighted by molar-refractivity contribution is 6.17. The first-order chi connectivity index (χ1) is 20.6. The summed E-state index contributed by atoms with van der Waals surface area (Å²) in [7, 11) is 0. The number of hydrogen-bond donors (Lipinski definition) is 2. The Labute approximate surface area is 253 Å². The fourth-order valence-electron chi connectivity index (χ4n) is 4.75. The van der Waals surface area contributed by atoms with E-state index in [-0.39, 0.29) is 31.7 Å². The van der Waals surface area contributed by atoms with Crippen LogP contribution in [0.15, 0.2) is 24.3 Å². The van der Waals surface area contributed by atoms with Crippen LogP contribution < -0.4 is 4.74 Å². The third kappa shape index (κ3) is 9.76. The number of carbonyl (C=O) groups is 5. The Morgan fingerprint density at radius 3 is 1.77 bits per heavy atom. The molecule has 0 spiro atoms. The van der Waals surface area contributed by atoms with Gasteiger partial charge in [-0.3, -0.25) is 19.2 Å². The van der Waals surface area contributed by atoms with Crippen molar-refractivity contribution in [3.05, 3.63) is 52.1 Å². The topological polar surface area (TPSA) is 144 Å². The molecular weight excluding hydrogens is 552 g/mol. The van der Waals surface area contributed by atoms with Crippen molar-refractivity contribution in [1.82, 2.24) is 0 Å². The third-order valence-corrected chi connectivity index (χ3v) is 7.14. The largest absolute Gasteiger partial charge is 0.504 e. The number of rotatable bonds is 19. The van der Waals surface area contributed by atoms with Gasteiger partial charge in [-0.25, -0.2) is 4.79 Å². The molecule has 43 heavy (non-hydrogen) atoms. The summed E-state index contributed by atoms with van der Waals surface area (Å²) in [6.07, 6.45) is 5.87. The van der Waals surface area contributed by atoms with Crippen LogP contribution >= 0.6 is 0 Å². The van der Waals surface area contributed by atoms with Gasteiger partial charge in [0, 0.05) is 30.4 Å². The quantitative estimate of drug-likeness (QED) is 0.0548. The van der Waals surface area contributed by atoms with E-state index >= 15 is 0 Å². The van der Waals surface area contributed by atoms with Crippen LogP contribution in [0, 0.1) is 0 Å². The number of esters is 2. The van der Waals surface area contributed by atoms with Crippen molar-refractivity contribution in [2.75, 3.05) is 0 Å². The van der Waals surface area contributed by atoms with Gasteiger partial charge in [0.25, 0.3) is 0 Å². The standard InChI is InChI=1S/C34H44O9/c1-5-8-11-18-25(36)28-30(34(41)42-21-23-16-14-15-17-24(23)22(4)35)29(26(37)19-12-9-6-2)33(32(40)31(28)39)43-27(38)20-13-10-7-3/h14-17,39-40H,5-13,18-21H2,1-4H3. The highest BCUT2D eigenvalue weighted by Crippen LogP contribution is 2.46. The molecule has 0 aromatic heterocycles. The Kier molecular flexibility index (Phi) is 14.6. The molecule has 2 aromatic rings. The average molecular weight is 597 g/mol. The summed E-state index contributed by atoms with van der Waals surface area (Å²) in [5.41, 5.74) is -0.852. The van der Waals surface area contributed by atoms with Crippen molar-refractivity contribution in [1.29, 1.82) is 0 Å². The molecule has 0 aliphatic carbocycles. The molecular formula is C34H44O9. The van der Waals surface area contributed by atoms with Gasteiger partial charge in [0.15, 0.2) is 28.8 Å². The van der Waals surface area contributed by atoms with Crippen LogP contribution in [0.1, 0.15) is 152 Å². The van der Waals surface area contributed by atoms with Gasteiger partial charge >= 0.3 is 11.9 Å². The van der Waals surface area contributed by atoms with Crippen LogP contribution in [0.4, 0.5) is 0 Å². The van der Waals surface area contributed by atoms with Gasteiger partial charge in [0.2, 0.25) is 5.75 Å². The van der Waals surface area contributed by atoms with E-state index in [0.29, 0.717) is 43.2 Å². The first-order valence-electron chi connectivity index (χ1n) is 15.2. The second-order valence-electron chi connectivity index (χ2n) is 10.6. The zero-order valence-corrected chi connectivity index (χ0v) is 25.8. The predicted molar refractivity (Wildman–Crippen MR) is 162 cm³/mol. The van der Waals surface area contributed by atoms with Crippen molar-refractivity contribution < 1.29 is 43.7 Å². The van der Waals surface area contributed by atoms with E-state index in [2.05, 4.69) is 0 Å². The SMILES string of the molecule is CCCCCC(=O)Oc1c(O)c(O)c(C(=O)CCCCC)c(C(=O)OCc2ccccc2C(C)=O)c1C(=O)CCCCC. The molecule has 0 saturated carbocycles. The fourth-order valence-corrected chi connectivity index (χ4v) is 4.75. The number of Topliss-reactive ketones (excluding diaryl/α,β-unsaturated/α-hetero) is 3. The van der Waals surface area contributed by atoms with E-state index in [9.17, 15) is 34.2 Å². The van der Waals surface area contributed by atoms with Crippen molar-refractivity contribution in [3.63, 3.8) is 0 Å². The molecule has 0 radical (unpaired) electrons. The van der Waals surface area contributed by atoms with Crippen LogP contribution in [0.2, 0.25) is 0 Å². The molecule has 234 valence electrons. The third-order valence-electron chi connectivity index (χ3n) is 7.14. The summed E-state index contributed by atoms with van der Waals surface area (Å²) in [6, 6.07) is 6.53. The second kappa shape index (κ2) is 17.8. The summed E-state index contributed by atoms with van der Waals surface area (Å²) in [5.74, 6) is -6.03. The van der Waals surface area contributed by atoms with Gasteiger partial charge < -0.3 is 19.7 Å². The van der Waals surface area contributed by atoms with Gasteiger partial charge in [0.05, 0.1) is 16.7 Å². The monoisotopic (exact) mass is 596 g/mol. The van der Waals surface area contributed by atoms with Crippen molar-refractivity contribution in [2.24, 2.45) is 0 Å². The summed E-state index contributed by atoms with van der Waals surface area (Å²) in [4.78, 5) is 65.7. The van der Waals surface area contributed by atoms with Gasteiger partial charge in [-0.15, -0.1) is 0 Å². The van der Waals surface area contributed by atoms with E-state index in [1.165, 1.54) is 6.92 Å². The lowest BCUT2D eigenvalue weighted by molar-refractivity contribution is -0.134. The minimum absolute atomic E-state index is 0.0170. The maximum atomic E-state index is 13.8. The molecule has 0 heterocycles. The van der Waals surface area contributed by atoms with E-state index in [1.807, 2.05) is 20.8 Å². The van der Waals surface area contributed by atoms with E-state index in [4.69, 9.17) is 9.47 Å². The summed E-state index contributed by atoms with van der Waals surface area (Å²) >= 11 is 0. The van der Waals surface area contributed by atoms with Crippen molar-refractivity contribution >= 4 is 29.3 Å². The highest BCUT2D eigenvalue weighted by atomic mass is 16.5. The molecule has 2 aromatic carbocycles. The van der Waals surface area contributed by atoms with Crippen LogP contribution in [0.3, 0.4) is 0 Å². The van der Waals surface area contributed by atoms with Crippen molar-refractivity contribution in [3.8, 4) is 17.2 Å². The lowest BCUT2D eigenvalue weighted by Gasteiger charge is -2.20. The highest BCUT2D eigenvalue weighted by Gasteiger charge is 2.36. The molecule has 2 N–H and O–H groups in total. The summed E-state index contributed by atoms with van der Waals surface area (Å²) < 4.78 is 11.0. The van der Waals surface area contributed by atoms with Gasteiger partial charge in [-0.05, 0) is 26.2 Å². The van der Waals surface area contributed by atoms with Gasteiger partial charge in [-0.1, -0.05) is 83.6 Å². The number of phenols is 2. The Balaban J connectivity index is 2.73. The molecule has 9 nitrogen and oxygen atoms in total. The minimum atomic E-state index is -1.13. The van der Waals surface area contributed by atoms with Crippen LogP contribution in [0.5, 0.6) is 17.2 Å². The molecule has 0 amide bonds. The van der Waals surface area contributed by atoms with Gasteiger partial charge in [-0.2, -0.15) is 0 Å². The number of ether oxygens (including phenoxy) is 2. The van der Waals surface area contributed by atoms with Gasteiger partial charge in [0.1, 0.15) is 6.61 Å². The Morgan fingerprint density at radius 1 is 0.674 bits per heavy atom. The summed E-state index contributed by atoms with van der Waals surface area (Å²) in [6.45, 7) is 6.88. The molecule has 0 atom stereocenters. The number of phenolic OH excluding ortho intramolecular Hbond substituents is 2. The first-order valence-corrected chi connectivity index (χ1v) is 15.2. The van der Waals surface area contributed by atoms with Crippen LogP contribution in [-0.4, -0.2) is 39.5 Å². The molecule has 9 heteroatoms.